The number of allylic oxidation sites excluding steroid dienone is 1. The van der Waals surface area contributed by atoms with Crippen LogP contribution < -0.4 is 0 Å². The lowest BCUT2D eigenvalue weighted by atomic mass is 10.1. The third-order valence-electron chi connectivity index (χ3n) is 1.87. The summed E-state index contributed by atoms with van der Waals surface area (Å²) >= 11 is 2.83. The van der Waals surface area contributed by atoms with Crippen molar-refractivity contribution in [1.82, 2.24) is 0 Å². The molecule has 0 aliphatic rings. The van der Waals surface area contributed by atoms with Crippen molar-refractivity contribution in [3.8, 4) is 0 Å². The molecule has 0 radical (unpaired) electrons. The maximum absolute atomic E-state index is 12.1. The molecule has 2 nitrogen and oxygen atoms in total. The first kappa shape index (κ1) is 13.8. The van der Waals surface area contributed by atoms with E-state index < -0.39 is 12.1 Å². The summed E-state index contributed by atoms with van der Waals surface area (Å²) in [5, 5.41) is 0. The molecule has 0 atom stereocenters. The van der Waals surface area contributed by atoms with Gasteiger partial charge in [-0.05, 0) is 17.7 Å². The fourth-order valence-electron chi connectivity index (χ4n) is 1.11. The van der Waals surface area contributed by atoms with E-state index in [2.05, 4.69) is 20.7 Å². The first-order chi connectivity index (χ1) is 7.83. The highest BCUT2D eigenvalue weighted by molar-refractivity contribution is 9.15. The Bertz CT molecular complexity index is 435. The molecular formula is C11H8BrF3O2. The fraction of sp³-hybridized carbons (Fsp3) is 0.182. The minimum atomic E-state index is -4.39. The Morgan fingerprint density at radius 2 is 1.71 bits per heavy atom. The molecule has 17 heavy (non-hydrogen) atoms. The smallest absolute Gasteiger partial charge is 0.410 e. The van der Waals surface area contributed by atoms with E-state index in [0.29, 0.717) is 5.56 Å². The maximum Gasteiger partial charge on any atom is 0.410 e. The van der Waals surface area contributed by atoms with Gasteiger partial charge in [-0.15, -0.1) is 0 Å². The van der Waals surface area contributed by atoms with Crippen molar-refractivity contribution in [2.24, 2.45) is 0 Å². The summed E-state index contributed by atoms with van der Waals surface area (Å²) in [6.07, 6.45) is -4.25. The predicted molar refractivity (Wildman–Crippen MR) is 60.7 cm³/mol. The van der Waals surface area contributed by atoms with Crippen LogP contribution >= 0.6 is 15.9 Å². The van der Waals surface area contributed by atoms with Crippen LogP contribution in [0.4, 0.5) is 13.2 Å². The summed E-state index contributed by atoms with van der Waals surface area (Å²) in [6.45, 7) is 0. The van der Waals surface area contributed by atoms with Crippen LogP contribution in [0, 0.1) is 0 Å². The summed E-state index contributed by atoms with van der Waals surface area (Å²) in [5.74, 6) is -0.535. The van der Waals surface area contributed by atoms with E-state index in [-0.39, 0.29) is 16.1 Å². The van der Waals surface area contributed by atoms with Gasteiger partial charge in [-0.25, -0.2) is 4.79 Å². The second-order valence-corrected chi connectivity index (χ2v) is 3.96. The van der Waals surface area contributed by atoms with Crippen molar-refractivity contribution in [3.63, 3.8) is 0 Å². The van der Waals surface area contributed by atoms with Gasteiger partial charge in [-0.2, -0.15) is 13.2 Å². The SMILES string of the molecule is COC(=O)c1ccc(/C(Br)=C/C(F)(F)F)cc1. The third-order valence-corrected chi connectivity index (χ3v) is 2.56. The van der Waals surface area contributed by atoms with Crippen molar-refractivity contribution in [2.45, 2.75) is 6.18 Å². The Morgan fingerprint density at radius 1 is 1.24 bits per heavy atom. The lowest BCUT2D eigenvalue weighted by Crippen LogP contribution is -2.02. The van der Waals surface area contributed by atoms with Crippen molar-refractivity contribution < 1.29 is 22.7 Å². The second-order valence-electron chi connectivity index (χ2n) is 3.10. The van der Waals surface area contributed by atoms with Gasteiger partial charge in [0.25, 0.3) is 0 Å². The van der Waals surface area contributed by atoms with Gasteiger partial charge in [0.1, 0.15) is 0 Å². The maximum atomic E-state index is 12.1. The molecule has 0 heterocycles. The quantitative estimate of drug-likeness (QED) is 0.777. The van der Waals surface area contributed by atoms with E-state index in [9.17, 15) is 18.0 Å². The summed E-state index contributed by atoms with van der Waals surface area (Å²) < 4.78 is 40.6. The minimum absolute atomic E-state index is 0.0959. The molecule has 0 saturated heterocycles. The number of hydrogen-bond donors (Lipinski definition) is 0. The van der Waals surface area contributed by atoms with E-state index in [0.717, 1.165) is 0 Å². The molecule has 0 spiro atoms. The van der Waals surface area contributed by atoms with Crippen molar-refractivity contribution in [1.29, 1.82) is 0 Å². The number of benzene rings is 1. The normalized spacial score (nSPS) is 12.4. The molecule has 0 aliphatic carbocycles. The Morgan fingerprint density at radius 3 is 2.12 bits per heavy atom. The number of carbonyl (C=O) groups is 1. The number of hydrogen-bond acceptors (Lipinski definition) is 2. The largest absolute Gasteiger partial charge is 0.465 e. The summed E-state index contributed by atoms with van der Waals surface area (Å²) in [5.41, 5.74) is 0.610. The molecule has 6 heteroatoms. The van der Waals surface area contributed by atoms with E-state index in [1.54, 1.807) is 0 Å². The van der Waals surface area contributed by atoms with E-state index in [1.165, 1.54) is 31.4 Å². The highest BCUT2D eigenvalue weighted by atomic mass is 79.9. The van der Waals surface area contributed by atoms with Gasteiger partial charge in [0.15, 0.2) is 0 Å². The van der Waals surface area contributed by atoms with Gasteiger partial charge in [-0.3, -0.25) is 0 Å². The van der Waals surface area contributed by atoms with Crippen LogP contribution in [0.15, 0.2) is 30.3 Å². The number of rotatable bonds is 2. The van der Waals surface area contributed by atoms with Crippen LogP contribution in [0.25, 0.3) is 4.48 Å². The zero-order valence-electron chi connectivity index (χ0n) is 8.72. The van der Waals surface area contributed by atoms with Gasteiger partial charge in [0.05, 0.1) is 12.7 Å². The number of ether oxygens (including phenoxy) is 1. The van der Waals surface area contributed by atoms with E-state index in [4.69, 9.17) is 0 Å². The number of alkyl halides is 3. The van der Waals surface area contributed by atoms with Crippen LogP contribution in [-0.2, 0) is 4.74 Å². The van der Waals surface area contributed by atoms with Gasteiger partial charge in [0.2, 0.25) is 0 Å². The van der Waals surface area contributed by atoms with Crippen LogP contribution in [0.1, 0.15) is 15.9 Å². The van der Waals surface area contributed by atoms with Crippen molar-refractivity contribution in [2.75, 3.05) is 7.11 Å². The summed E-state index contributed by atoms with van der Waals surface area (Å²) in [7, 11) is 1.23. The molecule has 0 N–H and O–H groups in total. The van der Waals surface area contributed by atoms with Gasteiger partial charge >= 0.3 is 12.1 Å². The number of methoxy groups -OCH3 is 1. The molecule has 0 saturated carbocycles. The zero-order valence-corrected chi connectivity index (χ0v) is 10.3. The Hall–Kier alpha value is -1.30. The molecule has 0 aliphatic heterocycles. The molecular weight excluding hydrogens is 301 g/mol. The molecule has 1 aromatic carbocycles. The van der Waals surface area contributed by atoms with Gasteiger partial charge in [-0.1, -0.05) is 28.1 Å². The first-order valence-electron chi connectivity index (χ1n) is 4.47. The highest BCUT2D eigenvalue weighted by Gasteiger charge is 2.24. The summed E-state index contributed by atoms with van der Waals surface area (Å²) in [6, 6.07) is 5.59. The monoisotopic (exact) mass is 308 g/mol. The Labute approximate surface area is 104 Å². The van der Waals surface area contributed by atoms with Crippen molar-refractivity contribution in [3.05, 3.63) is 41.5 Å². The lowest BCUT2D eigenvalue weighted by molar-refractivity contribution is -0.0791. The third kappa shape index (κ3) is 4.22. The zero-order chi connectivity index (χ0) is 13.1. The van der Waals surface area contributed by atoms with E-state index in [1.807, 2.05) is 0 Å². The topological polar surface area (TPSA) is 26.3 Å². The lowest BCUT2D eigenvalue weighted by Gasteiger charge is -2.04. The molecule has 0 aromatic heterocycles. The van der Waals surface area contributed by atoms with Crippen LogP contribution in [0.2, 0.25) is 0 Å². The minimum Gasteiger partial charge on any atom is -0.465 e. The highest BCUT2D eigenvalue weighted by Crippen LogP contribution is 2.28. The van der Waals surface area contributed by atoms with Crippen LogP contribution in [-0.4, -0.2) is 19.3 Å². The number of esters is 1. The van der Waals surface area contributed by atoms with Gasteiger partial charge in [0, 0.05) is 10.6 Å². The Balaban J connectivity index is 2.96. The summed E-state index contributed by atoms with van der Waals surface area (Å²) in [4.78, 5) is 11.1. The van der Waals surface area contributed by atoms with Gasteiger partial charge < -0.3 is 4.74 Å². The fourth-order valence-corrected chi connectivity index (χ4v) is 1.63. The number of carbonyl (C=O) groups excluding carboxylic acids is 1. The molecule has 92 valence electrons. The average Bonchev–Trinajstić information content (AvgIpc) is 2.26. The number of halogens is 4. The van der Waals surface area contributed by atoms with E-state index >= 15 is 0 Å². The Kier molecular flexibility index (Phi) is 4.34. The first-order valence-corrected chi connectivity index (χ1v) is 5.26. The van der Waals surface area contributed by atoms with Crippen LogP contribution in [0.5, 0.6) is 0 Å². The van der Waals surface area contributed by atoms with Crippen molar-refractivity contribution >= 4 is 26.4 Å². The molecule has 1 aromatic rings. The molecule has 0 fully saturated rings. The second kappa shape index (κ2) is 5.35. The molecule has 0 amide bonds. The molecule has 0 unspecified atom stereocenters. The van der Waals surface area contributed by atoms with Crippen LogP contribution in [0.3, 0.4) is 0 Å². The average molecular weight is 309 g/mol. The standard InChI is InChI=1S/C11H8BrF3O2/c1-17-10(16)8-4-2-7(3-5-8)9(12)6-11(13,14)15/h2-6H,1H3/b9-6-. The molecule has 0 bridgehead atoms. The molecule has 1 rings (SSSR count). The predicted octanol–water partition coefficient (Wildman–Crippen LogP) is 3.77.